The first-order valence-electron chi connectivity index (χ1n) is 11.3. The summed E-state index contributed by atoms with van der Waals surface area (Å²) in [5.74, 6) is 0.993. The first-order chi connectivity index (χ1) is 15.2. The van der Waals surface area contributed by atoms with Gasteiger partial charge in [0.15, 0.2) is 6.29 Å². The maximum atomic E-state index is 11.7. The van der Waals surface area contributed by atoms with Crippen LogP contribution in [0.2, 0.25) is 0 Å². The second kappa shape index (κ2) is 10.0. The molecule has 0 amide bonds. The lowest BCUT2D eigenvalue weighted by molar-refractivity contribution is 0.112. The van der Waals surface area contributed by atoms with Crippen molar-refractivity contribution in [1.29, 1.82) is 0 Å². The molecule has 2 atom stereocenters. The van der Waals surface area contributed by atoms with Gasteiger partial charge in [-0.05, 0) is 29.6 Å². The molecular formula is C29H35O2P. The molecule has 0 aliphatic heterocycles. The highest BCUT2D eigenvalue weighted by atomic mass is 31.1. The molecule has 0 saturated heterocycles. The van der Waals surface area contributed by atoms with E-state index in [2.05, 4.69) is 71.9 Å². The van der Waals surface area contributed by atoms with Crippen LogP contribution in [0, 0.1) is 6.92 Å². The number of hydrogen-bond acceptors (Lipinski definition) is 2. The number of hydrogen-bond donors (Lipinski definition) is 0. The Balaban J connectivity index is 2.13. The molecule has 0 heterocycles. The SMILES string of the molecule is CCC(C)(Pc1ccccc1C=O)c1cc(C)cc(C(C)(C)C)c1OCc1ccccc1. The van der Waals surface area contributed by atoms with E-state index in [-0.39, 0.29) is 10.6 Å². The second-order valence-electron chi connectivity index (χ2n) is 9.73. The van der Waals surface area contributed by atoms with Crippen molar-refractivity contribution in [2.75, 3.05) is 0 Å². The number of ether oxygens (including phenoxy) is 1. The standard InChI is InChI=1S/C29H35O2P/c1-7-29(6,32-26-16-12-11-15-23(26)19-30)25-18-21(2)17-24(28(3,4)5)27(25)31-20-22-13-9-8-10-14-22/h8-19,32H,7,20H2,1-6H3. The van der Waals surface area contributed by atoms with Crippen molar-refractivity contribution < 1.29 is 9.53 Å². The highest BCUT2D eigenvalue weighted by Crippen LogP contribution is 2.50. The fraction of sp³-hybridized carbons (Fsp3) is 0.345. The maximum Gasteiger partial charge on any atom is 0.150 e. The lowest BCUT2D eigenvalue weighted by atomic mass is 9.81. The molecule has 0 saturated carbocycles. The molecule has 3 aromatic carbocycles. The van der Waals surface area contributed by atoms with Crippen LogP contribution in [0.4, 0.5) is 0 Å². The summed E-state index contributed by atoms with van der Waals surface area (Å²) in [6, 6.07) is 22.8. The van der Waals surface area contributed by atoms with E-state index >= 15 is 0 Å². The quantitative estimate of drug-likeness (QED) is 0.268. The maximum absolute atomic E-state index is 11.7. The number of aldehydes is 1. The van der Waals surface area contributed by atoms with Gasteiger partial charge in [-0.25, -0.2) is 0 Å². The molecule has 3 heteroatoms. The molecule has 0 radical (unpaired) electrons. The first kappa shape index (κ1) is 24.2. The zero-order chi connectivity index (χ0) is 23.4. The van der Waals surface area contributed by atoms with E-state index in [4.69, 9.17) is 4.74 Å². The van der Waals surface area contributed by atoms with Crippen molar-refractivity contribution in [3.63, 3.8) is 0 Å². The van der Waals surface area contributed by atoms with Crippen LogP contribution < -0.4 is 10.0 Å². The molecule has 0 fully saturated rings. The minimum absolute atomic E-state index is 0.0503. The van der Waals surface area contributed by atoms with Gasteiger partial charge in [-0.15, -0.1) is 0 Å². The Kier molecular flexibility index (Phi) is 7.57. The summed E-state index contributed by atoms with van der Waals surface area (Å²) in [7, 11) is 0.464. The van der Waals surface area contributed by atoms with Crippen molar-refractivity contribution >= 4 is 20.2 Å². The van der Waals surface area contributed by atoms with E-state index in [0.717, 1.165) is 34.9 Å². The van der Waals surface area contributed by atoms with Crippen LogP contribution in [0.3, 0.4) is 0 Å². The second-order valence-corrected chi connectivity index (χ2v) is 11.6. The summed E-state index contributed by atoms with van der Waals surface area (Å²) in [5, 5.41) is 0.969. The van der Waals surface area contributed by atoms with Gasteiger partial charge in [0.25, 0.3) is 0 Å². The van der Waals surface area contributed by atoms with Crippen molar-refractivity contribution in [3.05, 3.63) is 94.5 Å². The fourth-order valence-corrected chi connectivity index (χ4v) is 5.54. The van der Waals surface area contributed by atoms with E-state index in [0.29, 0.717) is 15.2 Å². The van der Waals surface area contributed by atoms with Crippen LogP contribution in [0.25, 0.3) is 0 Å². The molecule has 0 aliphatic carbocycles. The van der Waals surface area contributed by atoms with Crippen LogP contribution in [0.1, 0.15) is 73.7 Å². The van der Waals surface area contributed by atoms with Gasteiger partial charge in [0.05, 0.1) is 0 Å². The summed E-state index contributed by atoms with van der Waals surface area (Å²) < 4.78 is 6.61. The Bertz CT molecular complexity index is 1070. The summed E-state index contributed by atoms with van der Waals surface area (Å²) in [4.78, 5) is 11.7. The zero-order valence-corrected chi connectivity index (χ0v) is 21.2. The number of benzene rings is 3. The number of rotatable bonds is 8. The summed E-state index contributed by atoms with van der Waals surface area (Å²) in [5.41, 5.74) is 5.60. The third-order valence-electron chi connectivity index (χ3n) is 6.07. The van der Waals surface area contributed by atoms with Gasteiger partial charge in [0.1, 0.15) is 12.4 Å². The molecule has 2 nitrogen and oxygen atoms in total. The summed E-state index contributed by atoms with van der Waals surface area (Å²) in [6.45, 7) is 14.0. The van der Waals surface area contributed by atoms with Gasteiger partial charge >= 0.3 is 0 Å². The topological polar surface area (TPSA) is 26.3 Å². The molecule has 0 spiro atoms. The number of aryl methyl sites for hydroxylation is 1. The Morgan fingerprint density at radius 2 is 1.53 bits per heavy atom. The van der Waals surface area contributed by atoms with Crippen molar-refractivity contribution in [2.45, 2.75) is 65.1 Å². The lowest BCUT2D eigenvalue weighted by Crippen LogP contribution is -2.24. The molecule has 3 aromatic rings. The Labute approximate surface area is 195 Å². The average Bonchev–Trinajstić information content (AvgIpc) is 2.78. The van der Waals surface area contributed by atoms with E-state index in [1.165, 1.54) is 16.7 Å². The predicted molar refractivity (Wildman–Crippen MR) is 138 cm³/mol. The van der Waals surface area contributed by atoms with Crippen molar-refractivity contribution in [2.24, 2.45) is 0 Å². The third kappa shape index (κ3) is 5.48. The molecule has 0 aromatic heterocycles. The van der Waals surface area contributed by atoms with Gasteiger partial charge in [0.2, 0.25) is 0 Å². The van der Waals surface area contributed by atoms with Crippen LogP contribution >= 0.6 is 8.58 Å². The van der Waals surface area contributed by atoms with Gasteiger partial charge in [-0.1, -0.05) is 115 Å². The molecular weight excluding hydrogens is 411 g/mol. The number of carbonyl (C=O) groups excluding carboxylic acids is 1. The molecule has 0 N–H and O–H groups in total. The monoisotopic (exact) mass is 446 g/mol. The van der Waals surface area contributed by atoms with E-state index < -0.39 is 0 Å². The van der Waals surface area contributed by atoms with Gasteiger partial charge < -0.3 is 4.74 Å². The fourth-order valence-electron chi connectivity index (χ4n) is 3.98. The van der Waals surface area contributed by atoms with E-state index in [1.54, 1.807) is 0 Å². The minimum atomic E-state index is -0.142. The molecule has 3 rings (SSSR count). The van der Waals surface area contributed by atoms with E-state index in [1.807, 2.05) is 36.4 Å². The number of carbonyl (C=O) groups is 1. The smallest absolute Gasteiger partial charge is 0.150 e. The molecule has 2 unspecified atom stereocenters. The van der Waals surface area contributed by atoms with Gasteiger partial charge in [-0.2, -0.15) is 0 Å². The molecule has 32 heavy (non-hydrogen) atoms. The summed E-state index contributed by atoms with van der Waals surface area (Å²) in [6.07, 6.45) is 1.93. The molecule has 0 aliphatic rings. The van der Waals surface area contributed by atoms with Crippen LogP contribution in [0.15, 0.2) is 66.7 Å². The Morgan fingerprint density at radius 1 is 0.906 bits per heavy atom. The Hall–Kier alpha value is -2.44. The Morgan fingerprint density at radius 3 is 2.16 bits per heavy atom. The van der Waals surface area contributed by atoms with Crippen LogP contribution in [0.5, 0.6) is 5.75 Å². The van der Waals surface area contributed by atoms with Gasteiger partial charge in [-0.3, -0.25) is 4.79 Å². The zero-order valence-electron chi connectivity index (χ0n) is 20.2. The van der Waals surface area contributed by atoms with Crippen LogP contribution in [-0.4, -0.2) is 6.29 Å². The molecule has 0 bridgehead atoms. The molecule has 168 valence electrons. The van der Waals surface area contributed by atoms with Crippen molar-refractivity contribution in [3.8, 4) is 5.75 Å². The predicted octanol–water partition coefficient (Wildman–Crippen LogP) is 7.31. The van der Waals surface area contributed by atoms with E-state index in [9.17, 15) is 4.79 Å². The van der Waals surface area contributed by atoms with Crippen molar-refractivity contribution in [1.82, 2.24) is 0 Å². The van der Waals surface area contributed by atoms with Gasteiger partial charge in [0, 0.05) is 21.8 Å². The largest absolute Gasteiger partial charge is 0.488 e. The average molecular weight is 447 g/mol. The van der Waals surface area contributed by atoms with Crippen LogP contribution in [-0.2, 0) is 17.2 Å². The minimum Gasteiger partial charge on any atom is -0.488 e. The highest BCUT2D eigenvalue weighted by molar-refractivity contribution is 7.48. The normalized spacial score (nSPS) is 13.8. The third-order valence-corrected chi connectivity index (χ3v) is 7.97. The first-order valence-corrected chi connectivity index (χ1v) is 12.3. The lowest BCUT2D eigenvalue weighted by Gasteiger charge is -2.35. The highest BCUT2D eigenvalue weighted by Gasteiger charge is 2.33. The summed E-state index contributed by atoms with van der Waals surface area (Å²) >= 11 is 0.